The maximum absolute atomic E-state index is 12.1. The monoisotopic (exact) mass is 314 g/mol. The zero-order valence-corrected chi connectivity index (χ0v) is 12.3. The highest BCUT2D eigenvalue weighted by atomic mass is 16.6. The summed E-state index contributed by atoms with van der Waals surface area (Å²) in [4.78, 5) is 33.2. The van der Waals surface area contributed by atoms with Crippen LogP contribution in [0.5, 0.6) is 5.75 Å². The smallest absolute Gasteiger partial charge is 0.270 e. The molecule has 0 bridgehead atoms. The Bertz CT molecular complexity index is 731. The molecule has 0 saturated heterocycles. The van der Waals surface area contributed by atoms with E-state index in [-0.39, 0.29) is 17.0 Å². The highest BCUT2D eigenvalue weighted by molar-refractivity contribution is 5.94. The molecule has 118 valence electrons. The number of amides is 1. The van der Waals surface area contributed by atoms with E-state index in [4.69, 9.17) is 4.74 Å². The third-order valence-electron chi connectivity index (χ3n) is 3.05. The van der Waals surface area contributed by atoms with Gasteiger partial charge in [-0.3, -0.25) is 19.7 Å². The van der Waals surface area contributed by atoms with Gasteiger partial charge in [-0.2, -0.15) is 0 Å². The number of anilines is 1. The fourth-order valence-corrected chi connectivity index (χ4v) is 1.86. The van der Waals surface area contributed by atoms with Crippen molar-refractivity contribution in [2.45, 2.75) is 13.0 Å². The SMILES string of the molecule is C[C@H](Oc1ccc([N+](=O)[O-])cc1C=O)C(=O)Nc1ccccc1. The number of nitrogens with one attached hydrogen (secondary N) is 1. The third-order valence-corrected chi connectivity index (χ3v) is 3.05. The number of hydrogen-bond acceptors (Lipinski definition) is 5. The topological polar surface area (TPSA) is 98.5 Å². The Labute approximate surface area is 132 Å². The van der Waals surface area contributed by atoms with Crippen LogP contribution in [0.4, 0.5) is 11.4 Å². The molecule has 2 aromatic carbocycles. The molecule has 7 heteroatoms. The van der Waals surface area contributed by atoms with Crippen molar-refractivity contribution in [3.05, 3.63) is 64.2 Å². The van der Waals surface area contributed by atoms with Gasteiger partial charge in [0, 0.05) is 17.8 Å². The summed E-state index contributed by atoms with van der Waals surface area (Å²) in [6.45, 7) is 1.52. The minimum absolute atomic E-state index is 0.0126. The number of hydrogen-bond donors (Lipinski definition) is 1. The summed E-state index contributed by atoms with van der Waals surface area (Å²) in [6, 6.07) is 12.5. The molecule has 0 saturated carbocycles. The van der Waals surface area contributed by atoms with Gasteiger partial charge in [-0.15, -0.1) is 0 Å². The number of ether oxygens (including phenoxy) is 1. The normalized spacial score (nSPS) is 11.3. The summed E-state index contributed by atoms with van der Waals surface area (Å²) in [6.07, 6.45) is -0.431. The zero-order valence-electron chi connectivity index (χ0n) is 12.3. The molecule has 0 aromatic heterocycles. The summed E-state index contributed by atoms with van der Waals surface area (Å²) < 4.78 is 5.44. The van der Waals surface area contributed by atoms with Crippen molar-refractivity contribution in [1.29, 1.82) is 0 Å². The van der Waals surface area contributed by atoms with Crippen LogP contribution in [0.3, 0.4) is 0 Å². The van der Waals surface area contributed by atoms with E-state index in [0.717, 1.165) is 6.07 Å². The van der Waals surface area contributed by atoms with Gasteiger partial charge in [0.2, 0.25) is 0 Å². The van der Waals surface area contributed by atoms with E-state index in [1.807, 2.05) is 6.07 Å². The van der Waals surface area contributed by atoms with E-state index < -0.39 is 16.9 Å². The van der Waals surface area contributed by atoms with E-state index in [1.165, 1.54) is 19.1 Å². The Hall–Kier alpha value is -3.22. The van der Waals surface area contributed by atoms with Gasteiger partial charge in [0.1, 0.15) is 5.75 Å². The number of nitrogens with zero attached hydrogens (tertiary/aromatic N) is 1. The number of para-hydroxylation sites is 1. The van der Waals surface area contributed by atoms with Crippen LogP contribution in [0.25, 0.3) is 0 Å². The van der Waals surface area contributed by atoms with Crippen LogP contribution in [0.2, 0.25) is 0 Å². The van der Waals surface area contributed by atoms with Gasteiger partial charge >= 0.3 is 0 Å². The van der Waals surface area contributed by atoms with Crippen molar-refractivity contribution in [3.63, 3.8) is 0 Å². The fourth-order valence-electron chi connectivity index (χ4n) is 1.86. The molecule has 0 heterocycles. The summed E-state index contributed by atoms with van der Waals surface area (Å²) >= 11 is 0. The average molecular weight is 314 g/mol. The van der Waals surface area contributed by atoms with Crippen LogP contribution in [0.15, 0.2) is 48.5 Å². The number of carbonyl (C=O) groups excluding carboxylic acids is 2. The second-order valence-corrected chi connectivity index (χ2v) is 4.71. The van der Waals surface area contributed by atoms with Crippen LogP contribution < -0.4 is 10.1 Å². The van der Waals surface area contributed by atoms with Gasteiger partial charge in [-0.25, -0.2) is 0 Å². The largest absolute Gasteiger partial charge is 0.480 e. The maximum Gasteiger partial charge on any atom is 0.270 e. The molecule has 0 aliphatic heterocycles. The van der Waals surface area contributed by atoms with E-state index in [2.05, 4.69) is 5.32 Å². The van der Waals surface area contributed by atoms with E-state index in [1.54, 1.807) is 24.3 Å². The van der Waals surface area contributed by atoms with Crippen molar-refractivity contribution in [3.8, 4) is 5.75 Å². The van der Waals surface area contributed by atoms with Gasteiger partial charge in [-0.1, -0.05) is 18.2 Å². The first-order chi connectivity index (χ1) is 11.0. The average Bonchev–Trinajstić information content (AvgIpc) is 2.55. The van der Waals surface area contributed by atoms with Crippen LogP contribution in [-0.2, 0) is 4.79 Å². The predicted molar refractivity (Wildman–Crippen MR) is 83.6 cm³/mol. The number of nitro benzene ring substituents is 1. The molecule has 0 aliphatic carbocycles. The van der Waals surface area contributed by atoms with E-state index in [9.17, 15) is 19.7 Å². The molecular formula is C16H14N2O5. The maximum atomic E-state index is 12.1. The van der Waals surface area contributed by atoms with Gasteiger partial charge < -0.3 is 10.1 Å². The minimum Gasteiger partial charge on any atom is -0.480 e. The first-order valence-electron chi connectivity index (χ1n) is 6.77. The van der Waals surface area contributed by atoms with Crippen LogP contribution in [-0.4, -0.2) is 23.2 Å². The van der Waals surface area contributed by atoms with Gasteiger partial charge in [0.25, 0.3) is 11.6 Å². The fraction of sp³-hybridized carbons (Fsp3) is 0.125. The van der Waals surface area contributed by atoms with Crippen molar-refractivity contribution in [2.75, 3.05) is 5.32 Å². The molecule has 0 fully saturated rings. The summed E-state index contributed by atoms with van der Waals surface area (Å²) in [5, 5.41) is 13.4. The first kappa shape index (κ1) is 16.2. The second-order valence-electron chi connectivity index (χ2n) is 4.71. The molecule has 1 N–H and O–H groups in total. The molecule has 1 amide bonds. The lowest BCUT2D eigenvalue weighted by Crippen LogP contribution is -2.30. The first-order valence-corrected chi connectivity index (χ1v) is 6.77. The Morgan fingerprint density at radius 1 is 1.26 bits per heavy atom. The Balaban J connectivity index is 2.10. The van der Waals surface area contributed by atoms with Crippen LogP contribution in [0, 0.1) is 10.1 Å². The molecule has 0 unspecified atom stereocenters. The van der Waals surface area contributed by atoms with Gasteiger partial charge in [0.15, 0.2) is 12.4 Å². The molecule has 23 heavy (non-hydrogen) atoms. The Kier molecular flexibility index (Phi) is 5.03. The number of non-ortho nitro benzene ring substituents is 1. The van der Waals surface area contributed by atoms with Crippen molar-refractivity contribution >= 4 is 23.6 Å². The van der Waals surface area contributed by atoms with E-state index in [0.29, 0.717) is 12.0 Å². The quantitative estimate of drug-likeness (QED) is 0.502. The Morgan fingerprint density at radius 3 is 2.57 bits per heavy atom. The van der Waals surface area contributed by atoms with Crippen LogP contribution >= 0.6 is 0 Å². The third kappa shape index (κ3) is 4.13. The van der Waals surface area contributed by atoms with Crippen molar-refractivity contribution in [1.82, 2.24) is 0 Å². The Morgan fingerprint density at radius 2 is 1.96 bits per heavy atom. The number of aldehydes is 1. The summed E-state index contributed by atoms with van der Waals surface area (Å²) in [5.74, 6) is -0.285. The van der Waals surface area contributed by atoms with Gasteiger partial charge in [-0.05, 0) is 25.1 Å². The summed E-state index contributed by atoms with van der Waals surface area (Å²) in [7, 11) is 0. The lowest BCUT2D eigenvalue weighted by Gasteiger charge is -2.15. The molecule has 2 rings (SSSR count). The summed E-state index contributed by atoms with van der Waals surface area (Å²) in [5.41, 5.74) is 0.409. The predicted octanol–water partition coefficient (Wildman–Crippen LogP) is 2.81. The number of nitro groups is 1. The number of carbonyl (C=O) groups is 2. The highest BCUT2D eigenvalue weighted by Gasteiger charge is 2.18. The lowest BCUT2D eigenvalue weighted by atomic mass is 10.2. The molecule has 7 nitrogen and oxygen atoms in total. The second kappa shape index (κ2) is 7.17. The highest BCUT2D eigenvalue weighted by Crippen LogP contribution is 2.24. The molecule has 0 radical (unpaired) electrons. The standard InChI is InChI=1S/C16H14N2O5/c1-11(16(20)17-13-5-3-2-4-6-13)23-15-8-7-14(18(21)22)9-12(15)10-19/h2-11H,1H3,(H,17,20)/t11-/m0/s1. The lowest BCUT2D eigenvalue weighted by molar-refractivity contribution is -0.384. The number of benzene rings is 2. The molecule has 2 aromatic rings. The van der Waals surface area contributed by atoms with Crippen molar-refractivity contribution in [2.24, 2.45) is 0 Å². The molecule has 0 aliphatic rings. The van der Waals surface area contributed by atoms with Crippen molar-refractivity contribution < 1.29 is 19.2 Å². The minimum atomic E-state index is -0.879. The molecule has 1 atom stereocenters. The zero-order chi connectivity index (χ0) is 16.8. The molecule has 0 spiro atoms. The van der Waals surface area contributed by atoms with Gasteiger partial charge in [0.05, 0.1) is 10.5 Å². The van der Waals surface area contributed by atoms with Crippen LogP contribution in [0.1, 0.15) is 17.3 Å². The number of rotatable bonds is 6. The molecular weight excluding hydrogens is 300 g/mol. The van der Waals surface area contributed by atoms with E-state index >= 15 is 0 Å².